The highest BCUT2D eigenvalue weighted by Crippen LogP contribution is 2.19. The summed E-state index contributed by atoms with van der Waals surface area (Å²) in [4.78, 5) is 0.215. The van der Waals surface area contributed by atoms with Crippen LogP contribution in [0.15, 0.2) is 70.2 Å². The molecule has 0 radical (unpaired) electrons. The van der Waals surface area contributed by atoms with E-state index in [1.54, 1.807) is 41.1 Å². The molecule has 3 aromatic rings. The van der Waals surface area contributed by atoms with E-state index in [9.17, 15) is 8.42 Å². The van der Waals surface area contributed by atoms with Crippen molar-refractivity contribution in [1.82, 2.24) is 9.78 Å². The van der Waals surface area contributed by atoms with Gasteiger partial charge in [0.1, 0.15) is 0 Å². The maximum atomic E-state index is 12.3. The first kappa shape index (κ1) is 15.8. The molecule has 0 atom stereocenters. The molecule has 0 fully saturated rings. The molecule has 0 bridgehead atoms. The summed E-state index contributed by atoms with van der Waals surface area (Å²) in [5.41, 5.74) is 2.29. The zero-order valence-electron chi connectivity index (χ0n) is 12.3. The van der Waals surface area contributed by atoms with Gasteiger partial charge in [-0.1, -0.05) is 15.9 Å². The minimum Gasteiger partial charge on any atom is -0.280 e. The van der Waals surface area contributed by atoms with Gasteiger partial charge in [0.15, 0.2) is 0 Å². The van der Waals surface area contributed by atoms with Crippen LogP contribution in [0.1, 0.15) is 5.69 Å². The van der Waals surface area contributed by atoms with Gasteiger partial charge in [0.05, 0.1) is 16.3 Å². The van der Waals surface area contributed by atoms with E-state index in [4.69, 9.17) is 0 Å². The SMILES string of the molecule is Cc1ccn(-c2ccc(NS(=O)(=O)c3ccc(Br)cc3)cc2)n1. The smallest absolute Gasteiger partial charge is 0.261 e. The minimum atomic E-state index is -3.60. The fourth-order valence-electron chi connectivity index (χ4n) is 2.07. The van der Waals surface area contributed by atoms with Crippen LogP contribution < -0.4 is 4.72 Å². The monoisotopic (exact) mass is 391 g/mol. The topological polar surface area (TPSA) is 64.0 Å². The van der Waals surface area contributed by atoms with Gasteiger partial charge in [-0.25, -0.2) is 13.1 Å². The molecule has 0 unspecified atom stereocenters. The zero-order valence-corrected chi connectivity index (χ0v) is 14.7. The Balaban J connectivity index is 1.81. The minimum absolute atomic E-state index is 0.215. The number of aryl methyl sites for hydroxylation is 1. The number of benzene rings is 2. The first-order valence-electron chi connectivity index (χ1n) is 6.85. The van der Waals surface area contributed by atoms with Crippen molar-refractivity contribution in [3.63, 3.8) is 0 Å². The molecule has 1 N–H and O–H groups in total. The standard InChI is InChI=1S/C16H14BrN3O2S/c1-12-10-11-20(18-12)15-6-4-14(5-7-15)19-23(21,22)16-8-2-13(17)3-9-16/h2-11,19H,1H3. The Morgan fingerprint density at radius 3 is 2.22 bits per heavy atom. The van der Waals surface area contributed by atoms with Crippen LogP contribution in [0.5, 0.6) is 0 Å². The first-order chi connectivity index (χ1) is 10.9. The quantitative estimate of drug-likeness (QED) is 0.736. The maximum absolute atomic E-state index is 12.3. The van der Waals surface area contributed by atoms with Crippen molar-refractivity contribution in [3.8, 4) is 5.69 Å². The Hall–Kier alpha value is -2.12. The molecule has 0 aliphatic rings. The Bertz CT molecular complexity index is 917. The molecule has 0 aliphatic carbocycles. The molecule has 3 rings (SSSR count). The number of sulfonamides is 1. The van der Waals surface area contributed by atoms with E-state index in [1.807, 2.05) is 31.3 Å². The molecule has 5 nitrogen and oxygen atoms in total. The molecular formula is C16H14BrN3O2S. The Morgan fingerprint density at radius 1 is 1.00 bits per heavy atom. The summed E-state index contributed by atoms with van der Waals surface area (Å²) in [6.45, 7) is 1.91. The van der Waals surface area contributed by atoms with Crippen molar-refractivity contribution in [2.75, 3.05) is 4.72 Å². The highest BCUT2D eigenvalue weighted by molar-refractivity contribution is 9.10. The number of anilines is 1. The molecule has 2 aromatic carbocycles. The molecule has 7 heteroatoms. The molecule has 0 amide bonds. The predicted octanol–water partition coefficient (Wildman–Crippen LogP) is 3.74. The summed E-state index contributed by atoms with van der Waals surface area (Å²) in [5, 5.41) is 4.31. The van der Waals surface area contributed by atoms with Crippen molar-refractivity contribution >= 4 is 31.6 Å². The number of halogens is 1. The second kappa shape index (κ2) is 6.17. The number of nitrogens with one attached hydrogen (secondary N) is 1. The van der Waals surface area contributed by atoms with E-state index in [-0.39, 0.29) is 4.90 Å². The van der Waals surface area contributed by atoms with E-state index in [0.717, 1.165) is 15.9 Å². The lowest BCUT2D eigenvalue weighted by Crippen LogP contribution is -2.12. The van der Waals surface area contributed by atoms with Crippen molar-refractivity contribution in [2.45, 2.75) is 11.8 Å². The van der Waals surface area contributed by atoms with Crippen molar-refractivity contribution in [2.24, 2.45) is 0 Å². The van der Waals surface area contributed by atoms with Gasteiger partial charge in [-0.3, -0.25) is 4.72 Å². The molecule has 0 saturated carbocycles. The van der Waals surface area contributed by atoms with Crippen LogP contribution in [-0.4, -0.2) is 18.2 Å². The molecule has 0 aliphatic heterocycles. The Morgan fingerprint density at radius 2 is 1.65 bits per heavy atom. The van der Waals surface area contributed by atoms with E-state index in [0.29, 0.717) is 5.69 Å². The van der Waals surface area contributed by atoms with Gasteiger partial charge in [-0.15, -0.1) is 0 Å². The highest BCUT2D eigenvalue weighted by atomic mass is 79.9. The fraction of sp³-hybridized carbons (Fsp3) is 0.0625. The van der Waals surface area contributed by atoms with Crippen molar-refractivity contribution in [1.29, 1.82) is 0 Å². The lowest BCUT2D eigenvalue weighted by Gasteiger charge is -2.09. The molecule has 118 valence electrons. The zero-order chi connectivity index (χ0) is 16.4. The van der Waals surface area contributed by atoms with Crippen LogP contribution in [-0.2, 0) is 10.0 Å². The predicted molar refractivity (Wildman–Crippen MR) is 93.3 cm³/mol. The number of hydrogen-bond donors (Lipinski definition) is 1. The van der Waals surface area contributed by atoms with E-state index < -0.39 is 10.0 Å². The van der Waals surface area contributed by atoms with Gasteiger partial charge in [0, 0.05) is 16.4 Å². The van der Waals surface area contributed by atoms with Gasteiger partial charge in [0.2, 0.25) is 0 Å². The van der Waals surface area contributed by atoms with Crippen LogP contribution in [0.25, 0.3) is 5.69 Å². The average molecular weight is 392 g/mol. The summed E-state index contributed by atoms with van der Waals surface area (Å²) in [7, 11) is -3.60. The van der Waals surface area contributed by atoms with E-state index in [1.165, 1.54) is 0 Å². The fourth-order valence-corrected chi connectivity index (χ4v) is 3.39. The third-order valence-corrected chi connectivity index (χ3v) is 5.16. The molecule has 1 heterocycles. The lowest BCUT2D eigenvalue weighted by molar-refractivity contribution is 0.601. The second-order valence-corrected chi connectivity index (χ2v) is 7.61. The first-order valence-corrected chi connectivity index (χ1v) is 9.13. The van der Waals surface area contributed by atoms with Crippen LogP contribution in [0, 0.1) is 6.92 Å². The summed E-state index contributed by atoms with van der Waals surface area (Å²) < 4.78 is 29.8. The van der Waals surface area contributed by atoms with Crippen LogP contribution in [0.4, 0.5) is 5.69 Å². The van der Waals surface area contributed by atoms with Crippen molar-refractivity contribution < 1.29 is 8.42 Å². The van der Waals surface area contributed by atoms with Gasteiger partial charge in [-0.05, 0) is 61.5 Å². The summed E-state index contributed by atoms with van der Waals surface area (Å²) in [6.07, 6.45) is 1.86. The largest absolute Gasteiger partial charge is 0.280 e. The van der Waals surface area contributed by atoms with E-state index >= 15 is 0 Å². The number of hydrogen-bond acceptors (Lipinski definition) is 3. The third-order valence-electron chi connectivity index (χ3n) is 3.23. The van der Waals surface area contributed by atoms with Gasteiger partial charge in [-0.2, -0.15) is 5.10 Å². The van der Waals surface area contributed by atoms with Gasteiger partial charge < -0.3 is 0 Å². The average Bonchev–Trinajstić information content (AvgIpc) is 2.95. The van der Waals surface area contributed by atoms with E-state index in [2.05, 4.69) is 25.8 Å². The molecule has 23 heavy (non-hydrogen) atoms. The number of nitrogens with zero attached hydrogens (tertiary/aromatic N) is 2. The molecular weight excluding hydrogens is 378 g/mol. The number of aromatic nitrogens is 2. The summed E-state index contributed by atoms with van der Waals surface area (Å²) in [5.74, 6) is 0. The van der Waals surface area contributed by atoms with Crippen LogP contribution in [0.3, 0.4) is 0 Å². The second-order valence-electron chi connectivity index (χ2n) is 5.01. The summed E-state index contributed by atoms with van der Waals surface area (Å²) in [6, 6.07) is 15.4. The van der Waals surface area contributed by atoms with Crippen LogP contribution >= 0.6 is 15.9 Å². The normalized spacial score (nSPS) is 11.4. The third kappa shape index (κ3) is 3.62. The number of rotatable bonds is 4. The molecule has 0 spiro atoms. The maximum Gasteiger partial charge on any atom is 0.261 e. The Labute approximate surface area is 143 Å². The van der Waals surface area contributed by atoms with Crippen LogP contribution in [0.2, 0.25) is 0 Å². The molecule has 0 saturated heterocycles. The van der Waals surface area contributed by atoms with Gasteiger partial charge >= 0.3 is 0 Å². The lowest BCUT2D eigenvalue weighted by atomic mass is 10.3. The highest BCUT2D eigenvalue weighted by Gasteiger charge is 2.13. The molecule has 1 aromatic heterocycles. The summed E-state index contributed by atoms with van der Waals surface area (Å²) >= 11 is 3.29. The van der Waals surface area contributed by atoms with Crippen molar-refractivity contribution in [3.05, 3.63) is 71.0 Å². The van der Waals surface area contributed by atoms with Gasteiger partial charge in [0.25, 0.3) is 10.0 Å². The Kier molecular flexibility index (Phi) is 4.23.